The van der Waals surface area contributed by atoms with E-state index in [4.69, 9.17) is 31.5 Å². The van der Waals surface area contributed by atoms with E-state index in [1.807, 2.05) is 0 Å². The molecule has 29 heavy (non-hydrogen) atoms. The molecular formula is C21H24ClN3O4. The molecule has 1 atom stereocenters. The number of aromatic nitrogens is 2. The molecular weight excluding hydrogens is 394 g/mol. The van der Waals surface area contributed by atoms with E-state index in [0.29, 0.717) is 38.9 Å². The number of phenolic OH excluding ortho intramolecular Hbond substituents is 1. The highest BCUT2D eigenvalue weighted by molar-refractivity contribution is 6.31. The topological polar surface area (TPSA) is 99.7 Å². The van der Waals surface area contributed by atoms with Gasteiger partial charge < -0.3 is 25.1 Å². The summed E-state index contributed by atoms with van der Waals surface area (Å²) in [6.45, 7) is 7.29. The number of hydrogen-bond donors (Lipinski definition) is 2. The molecule has 7 nitrogen and oxygen atoms in total. The Bertz CT molecular complexity index is 936. The first kappa shape index (κ1) is 22.1. The molecule has 0 saturated heterocycles. The first-order valence-corrected chi connectivity index (χ1v) is 9.09. The lowest BCUT2D eigenvalue weighted by Gasteiger charge is -2.20. The molecule has 3 N–H and O–H groups in total. The Balaban J connectivity index is 2.38. The molecule has 0 spiro atoms. The molecule has 0 radical (unpaired) electrons. The molecule has 154 valence electrons. The zero-order valence-electron chi connectivity index (χ0n) is 16.8. The maximum atomic E-state index is 10.5. The fraction of sp³-hybridized carbons (Fsp3) is 0.238. The van der Waals surface area contributed by atoms with Gasteiger partial charge in [0.25, 0.3) is 0 Å². The highest BCUT2D eigenvalue weighted by atomic mass is 35.5. The zero-order valence-corrected chi connectivity index (χ0v) is 17.5. The van der Waals surface area contributed by atoms with Crippen molar-refractivity contribution < 1.29 is 19.3 Å². The Hall–Kier alpha value is -3.19. The molecule has 0 amide bonds. The van der Waals surface area contributed by atoms with Crippen LogP contribution in [-0.2, 0) is 4.74 Å². The van der Waals surface area contributed by atoms with Gasteiger partial charge in [0.1, 0.15) is 11.9 Å². The quantitative estimate of drug-likeness (QED) is 0.485. The monoisotopic (exact) mass is 417 g/mol. The molecule has 2 aromatic rings. The summed E-state index contributed by atoms with van der Waals surface area (Å²) in [5.41, 5.74) is 8.26. The Kier molecular flexibility index (Phi) is 7.50. The molecule has 0 aliphatic carbocycles. The van der Waals surface area contributed by atoms with Crippen molar-refractivity contribution >= 4 is 17.2 Å². The molecule has 0 saturated carbocycles. The lowest BCUT2D eigenvalue weighted by atomic mass is 10.1. The third kappa shape index (κ3) is 5.20. The molecule has 1 aromatic carbocycles. The lowest BCUT2D eigenvalue weighted by Crippen LogP contribution is -2.06. The van der Waals surface area contributed by atoms with Crippen LogP contribution in [0.5, 0.6) is 17.5 Å². The van der Waals surface area contributed by atoms with Gasteiger partial charge in [0.05, 0.1) is 24.8 Å². The van der Waals surface area contributed by atoms with E-state index >= 15 is 0 Å². The number of ether oxygens (including phenoxy) is 3. The van der Waals surface area contributed by atoms with Gasteiger partial charge in [0.15, 0.2) is 11.5 Å². The van der Waals surface area contributed by atoms with E-state index in [2.05, 4.69) is 16.5 Å². The van der Waals surface area contributed by atoms with Crippen LogP contribution in [0.3, 0.4) is 0 Å². The van der Waals surface area contributed by atoms with E-state index in [0.717, 1.165) is 0 Å². The average molecular weight is 418 g/mol. The Labute approximate surface area is 175 Å². The van der Waals surface area contributed by atoms with Crippen molar-refractivity contribution in [2.75, 3.05) is 14.2 Å². The predicted octanol–water partition coefficient (Wildman–Crippen LogP) is 4.39. The van der Waals surface area contributed by atoms with Gasteiger partial charge in [-0.15, -0.1) is 0 Å². The first-order chi connectivity index (χ1) is 13.8. The molecule has 0 fully saturated rings. The van der Waals surface area contributed by atoms with E-state index in [1.54, 1.807) is 50.5 Å². The number of halogens is 1. The largest absolute Gasteiger partial charge is 0.504 e. The number of rotatable bonds is 8. The van der Waals surface area contributed by atoms with Crippen LogP contribution >= 0.6 is 11.6 Å². The van der Waals surface area contributed by atoms with Crippen LogP contribution in [0.2, 0.25) is 5.02 Å². The van der Waals surface area contributed by atoms with Crippen LogP contribution in [0.25, 0.3) is 5.57 Å². The second kappa shape index (κ2) is 9.84. The molecule has 1 unspecified atom stereocenters. The highest BCUT2D eigenvalue weighted by Gasteiger charge is 2.21. The minimum Gasteiger partial charge on any atom is -0.504 e. The number of aromatic hydroxyl groups is 1. The van der Waals surface area contributed by atoms with Crippen molar-refractivity contribution in [1.82, 2.24) is 9.97 Å². The van der Waals surface area contributed by atoms with Gasteiger partial charge in [-0.3, -0.25) is 0 Å². The van der Waals surface area contributed by atoms with Gasteiger partial charge in [0.2, 0.25) is 0 Å². The predicted molar refractivity (Wildman–Crippen MR) is 113 cm³/mol. The van der Waals surface area contributed by atoms with Crippen molar-refractivity contribution in [3.05, 3.63) is 70.9 Å². The summed E-state index contributed by atoms with van der Waals surface area (Å²) in [5, 5.41) is 10.8. The summed E-state index contributed by atoms with van der Waals surface area (Å²) in [6.07, 6.45) is 5.96. The smallest absolute Gasteiger partial charge is 0.316 e. The van der Waals surface area contributed by atoms with Gasteiger partial charge in [-0.05, 0) is 37.6 Å². The highest BCUT2D eigenvalue weighted by Crippen LogP contribution is 2.41. The van der Waals surface area contributed by atoms with Crippen molar-refractivity contribution in [3.8, 4) is 17.5 Å². The van der Waals surface area contributed by atoms with Crippen molar-refractivity contribution in [2.24, 2.45) is 5.73 Å². The molecule has 0 aliphatic heterocycles. The van der Waals surface area contributed by atoms with Crippen LogP contribution in [0.1, 0.15) is 31.1 Å². The normalized spacial score (nSPS) is 13.3. The van der Waals surface area contributed by atoms with Crippen molar-refractivity contribution in [1.29, 1.82) is 0 Å². The van der Waals surface area contributed by atoms with E-state index in [9.17, 15) is 5.11 Å². The standard InChI is InChI=1S/C21H24ClN3O4/c1-6-14(15-10-24-21(28-5)25-11-15)9-18(12(2)23)29-13(3)19-16(22)7-8-17(27-4)20(19)26/h6-11,13,26H,1,23H2,2-5H3/b14-9+,18-12-. The van der Waals surface area contributed by atoms with Gasteiger partial charge in [-0.25, -0.2) is 9.97 Å². The number of benzene rings is 1. The minimum absolute atomic E-state index is 0.0852. The molecule has 0 aliphatic rings. The van der Waals surface area contributed by atoms with Gasteiger partial charge in [0, 0.05) is 23.7 Å². The average Bonchev–Trinajstić information content (AvgIpc) is 2.71. The maximum absolute atomic E-state index is 10.5. The molecule has 0 bridgehead atoms. The van der Waals surface area contributed by atoms with Crippen molar-refractivity contribution in [2.45, 2.75) is 20.0 Å². The Morgan fingerprint density at radius 1 is 1.24 bits per heavy atom. The van der Waals surface area contributed by atoms with E-state index in [1.165, 1.54) is 14.2 Å². The lowest BCUT2D eigenvalue weighted by molar-refractivity contribution is 0.137. The summed E-state index contributed by atoms with van der Waals surface area (Å²) in [6, 6.07) is 3.47. The van der Waals surface area contributed by atoms with Gasteiger partial charge in [-0.2, -0.15) is 0 Å². The van der Waals surface area contributed by atoms with Crippen LogP contribution < -0.4 is 15.2 Å². The third-order valence-corrected chi connectivity index (χ3v) is 4.43. The summed E-state index contributed by atoms with van der Waals surface area (Å²) in [7, 11) is 2.95. The SMILES string of the molecule is C=C/C(=C\C(OC(C)c1c(Cl)ccc(OC)c1O)=C(/C)N)c1cnc(OC)nc1. The van der Waals surface area contributed by atoms with Gasteiger partial charge >= 0.3 is 6.01 Å². The summed E-state index contributed by atoms with van der Waals surface area (Å²) in [4.78, 5) is 8.19. The van der Waals surface area contributed by atoms with Crippen LogP contribution in [0.4, 0.5) is 0 Å². The zero-order chi connectivity index (χ0) is 21.6. The number of methoxy groups -OCH3 is 2. The van der Waals surface area contributed by atoms with Crippen LogP contribution in [0.15, 0.2) is 54.7 Å². The second-order valence-electron chi connectivity index (χ2n) is 6.08. The van der Waals surface area contributed by atoms with E-state index < -0.39 is 6.10 Å². The minimum atomic E-state index is -0.611. The summed E-state index contributed by atoms with van der Waals surface area (Å²) < 4.78 is 16.2. The number of phenols is 1. The summed E-state index contributed by atoms with van der Waals surface area (Å²) in [5.74, 6) is 0.604. The summed E-state index contributed by atoms with van der Waals surface area (Å²) >= 11 is 6.27. The Morgan fingerprint density at radius 3 is 2.41 bits per heavy atom. The van der Waals surface area contributed by atoms with E-state index in [-0.39, 0.29) is 11.8 Å². The molecule has 8 heteroatoms. The first-order valence-electron chi connectivity index (χ1n) is 8.71. The molecule has 2 rings (SSSR count). The van der Waals surface area contributed by atoms with Gasteiger partial charge in [-0.1, -0.05) is 24.3 Å². The fourth-order valence-electron chi connectivity index (χ4n) is 2.58. The third-order valence-electron chi connectivity index (χ3n) is 4.10. The second-order valence-corrected chi connectivity index (χ2v) is 6.49. The Morgan fingerprint density at radius 2 is 1.90 bits per heavy atom. The fourth-order valence-corrected chi connectivity index (χ4v) is 2.88. The van der Waals surface area contributed by atoms with Crippen LogP contribution in [-0.4, -0.2) is 29.3 Å². The number of nitrogens with two attached hydrogens (primary N) is 1. The molecule has 1 aromatic heterocycles. The number of allylic oxidation sites excluding steroid dienone is 4. The number of hydrogen-bond acceptors (Lipinski definition) is 7. The maximum Gasteiger partial charge on any atom is 0.316 e. The molecule has 1 heterocycles. The van der Waals surface area contributed by atoms with Crippen molar-refractivity contribution in [3.63, 3.8) is 0 Å². The van der Waals surface area contributed by atoms with Crippen LogP contribution in [0, 0.1) is 0 Å². The number of nitrogens with zero attached hydrogens (tertiary/aromatic N) is 2.